The molecule has 3 amide bonds. The quantitative estimate of drug-likeness (QED) is 0.0105. The molecule has 0 aliphatic heterocycles. The number of benzene rings is 3. The predicted octanol–water partition coefficient (Wildman–Crippen LogP) is 0.709. The molecule has 0 aliphatic rings. The van der Waals surface area contributed by atoms with Crippen LogP contribution in [0.4, 0.5) is 51.2 Å². The Morgan fingerprint density at radius 3 is 0.806 bits per heavy atom. The van der Waals surface area contributed by atoms with Crippen LogP contribution in [0, 0.1) is 60.7 Å². The number of aliphatic hydroxyl groups excluding tert-OH is 3. The van der Waals surface area contributed by atoms with E-state index in [0.717, 1.165) is 54.0 Å². The molecule has 3 aromatic rings. The number of nitro groups is 6. The smallest absolute Gasteiger partial charge is 0.300 e. The van der Waals surface area contributed by atoms with Gasteiger partial charge in [0, 0.05) is 115 Å². The summed E-state index contributed by atoms with van der Waals surface area (Å²) in [5, 5.41) is 103. The van der Waals surface area contributed by atoms with Gasteiger partial charge in [-0.25, -0.2) is 0 Å². The molecule has 0 aliphatic carbocycles. The van der Waals surface area contributed by atoms with Gasteiger partial charge in [-0.05, 0) is 0 Å². The second-order valence-electron chi connectivity index (χ2n) is 17.4. The molecule has 0 saturated heterocycles. The second-order valence-corrected chi connectivity index (χ2v) is 26.2. The van der Waals surface area contributed by atoms with Crippen LogP contribution in [-0.2, 0) is 75.4 Å². The number of carbonyl (C=O) groups is 3. The average Bonchev–Trinajstić information content (AvgIpc) is 0.811. The summed E-state index contributed by atoms with van der Waals surface area (Å²) in [6.45, 7) is -3.39. The van der Waals surface area contributed by atoms with E-state index in [4.69, 9.17) is 19.9 Å². The first kappa shape index (κ1) is 88.6. The van der Waals surface area contributed by atoms with E-state index < -0.39 is 173 Å². The fourth-order valence-corrected chi connectivity index (χ4v) is 9.48. The average molecular weight is 1700 g/mol. The molecule has 0 saturated carbocycles. The van der Waals surface area contributed by atoms with Crippen LogP contribution in [0.2, 0.25) is 0 Å². The third-order valence-corrected chi connectivity index (χ3v) is 13.2. The van der Waals surface area contributed by atoms with Crippen LogP contribution in [-0.4, -0.2) is 240 Å². The molecule has 3 aromatic carbocycles. The zero-order valence-electron chi connectivity index (χ0n) is 48.7. The molecular formula is C43H61AgBr3N12O30S4. The number of non-ortho nitro benzene ring substituents is 3. The summed E-state index contributed by atoms with van der Waals surface area (Å²) in [6.07, 6.45) is 3.06. The molecule has 0 bridgehead atoms. The molecule has 0 aromatic heterocycles. The van der Waals surface area contributed by atoms with E-state index in [9.17, 15) is 109 Å². The third-order valence-electron chi connectivity index (χ3n) is 10.4. The number of rotatable bonds is 36. The molecule has 1 radical (unpaired) electrons. The van der Waals surface area contributed by atoms with Crippen LogP contribution >= 0.6 is 47.8 Å². The Balaban J connectivity index is 0. The number of nitrogens with one attached hydrogen (secondary N) is 3. The molecule has 7 N–H and O–H groups in total. The van der Waals surface area contributed by atoms with Crippen molar-refractivity contribution in [2.24, 2.45) is 0 Å². The van der Waals surface area contributed by atoms with Crippen molar-refractivity contribution in [3.63, 3.8) is 0 Å². The Labute approximate surface area is 569 Å². The van der Waals surface area contributed by atoms with E-state index in [2.05, 4.69) is 76.3 Å². The van der Waals surface area contributed by atoms with Gasteiger partial charge in [-0.2, -0.15) is 33.7 Å². The van der Waals surface area contributed by atoms with Crippen molar-refractivity contribution in [2.75, 3.05) is 154 Å². The number of anilines is 3. The molecule has 42 nitrogen and oxygen atoms in total. The van der Waals surface area contributed by atoms with Crippen LogP contribution < -0.4 is 30.7 Å². The SMILES string of the molecule is CS(=O)(=O)O.CS(=O)(=O)OCCN(CCBr)c1c(C(=O)NCCO)cc([N+](=O)[O-])cc1[N+](=O)[O-].CS(=O)(=O)OCCN(CCOS(C)(=O)=O)c1c(C(=O)NCCO)cc([N+](=O)[O-])cc1[N+](=O)[O-].O=C(NCCO)c1cc([N+](=O)[O-])cc([N+](=O)[O-])c1N(CCBr)CCBr.[Ag]. The van der Waals surface area contributed by atoms with Gasteiger partial charge in [-0.15, -0.1) is 0 Å². The number of hydrogen-bond acceptors (Lipinski definition) is 32. The van der Waals surface area contributed by atoms with E-state index >= 15 is 0 Å². The minimum absolute atomic E-state index is 0. The largest absolute Gasteiger partial charge is 0.395 e. The van der Waals surface area contributed by atoms with Crippen molar-refractivity contribution in [1.82, 2.24) is 16.0 Å². The van der Waals surface area contributed by atoms with Crippen molar-refractivity contribution in [3.8, 4) is 0 Å². The van der Waals surface area contributed by atoms with Crippen LogP contribution in [0.1, 0.15) is 31.1 Å². The molecule has 3 rings (SSSR count). The molecule has 0 spiro atoms. The van der Waals surface area contributed by atoms with Crippen LogP contribution in [0.15, 0.2) is 36.4 Å². The van der Waals surface area contributed by atoms with E-state index in [-0.39, 0.29) is 96.1 Å². The third kappa shape index (κ3) is 34.5. The number of aliphatic hydroxyl groups is 3. The fraction of sp³-hybridized carbons (Fsp3) is 0.512. The summed E-state index contributed by atoms with van der Waals surface area (Å²) in [5.74, 6) is -2.61. The van der Waals surface area contributed by atoms with Gasteiger partial charge in [0.05, 0.1) is 129 Å². The van der Waals surface area contributed by atoms with E-state index in [1.54, 1.807) is 4.90 Å². The Morgan fingerprint density at radius 1 is 0.430 bits per heavy atom. The van der Waals surface area contributed by atoms with Crippen LogP contribution in [0.5, 0.6) is 0 Å². The standard InChI is InChI=1S/C15H22N4O12S2.C14H19BrN4O9S.C13H16Br2N4O6.CH4O3S.Ag/c1-32(26,27)30-7-4-17(5-8-31-33(2,28)29)14-12(15(21)16-3-6-20)9-11(18(22)23)10-13(14)19(24)25;1-29(26,27)28-7-5-17(4-2-15)13-11(14(21)16-3-6-20)8-10(18(22)23)9-12(13)19(24)25;14-1-4-17(5-2-15)12-10(13(21)16-3-6-20)7-9(18(22)23)8-11(12)19(24)25;1-5(2,3)4;/h9-10,20H,3-8H2,1-2H3,(H,16,21);8-9,20H,2-7H2,1H3,(H,16,21);7-8,20H,1-6H2,(H,16,21);1H3,(H,2,3,4);. The van der Waals surface area contributed by atoms with Gasteiger partial charge in [0.15, 0.2) is 0 Å². The molecule has 50 heteroatoms. The van der Waals surface area contributed by atoms with Gasteiger partial charge < -0.3 is 46.0 Å². The first-order valence-corrected chi connectivity index (χ1v) is 35.7. The normalized spacial score (nSPS) is 11.0. The van der Waals surface area contributed by atoms with E-state index in [1.165, 1.54) is 4.90 Å². The van der Waals surface area contributed by atoms with Crippen LogP contribution in [0.25, 0.3) is 0 Å². The maximum atomic E-state index is 12.6. The topological polar surface area (TPSA) is 601 Å². The first-order chi connectivity index (χ1) is 42.5. The molecule has 0 unspecified atom stereocenters. The number of alkyl halides is 3. The minimum Gasteiger partial charge on any atom is -0.395 e. The van der Waals surface area contributed by atoms with Crippen molar-refractivity contribution in [1.29, 1.82) is 0 Å². The molecular weight excluding hydrogens is 1640 g/mol. The number of carbonyl (C=O) groups excluding carboxylic acids is 3. The summed E-state index contributed by atoms with van der Waals surface area (Å²) in [6, 6.07) is 4.81. The zero-order chi connectivity index (χ0) is 71.1. The molecule has 529 valence electrons. The Hall–Kier alpha value is -6.43. The minimum atomic E-state index is -3.91. The van der Waals surface area contributed by atoms with E-state index in [0.29, 0.717) is 36.1 Å². The Kier molecular flexibility index (Phi) is 40.8. The second kappa shape index (κ2) is 42.8. The van der Waals surface area contributed by atoms with Gasteiger partial charge in [-0.1, -0.05) is 47.8 Å². The van der Waals surface area contributed by atoms with Crippen LogP contribution in [0.3, 0.4) is 0 Å². The molecule has 93 heavy (non-hydrogen) atoms. The van der Waals surface area contributed by atoms with Gasteiger partial charge in [-0.3, -0.25) is 92.2 Å². The number of hydrogen-bond donors (Lipinski definition) is 7. The van der Waals surface area contributed by atoms with Gasteiger partial charge in [0.25, 0.3) is 92.3 Å². The predicted molar refractivity (Wildman–Crippen MR) is 335 cm³/mol. The molecule has 0 heterocycles. The summed E-state index contributed by atoms with van der Waals surface area (Å²) in [4.78, 5) is 104. The maximum absolute atomic E-state index is 12.6. The van der Waals surface area contributed by atoms with Crippen molar-refractivity contribution in [3.05, 3.63) is 114 Å². The molecule has 0 fully saturated rings. The maximum Gasteiger partial charge on any atom is 0.300 e. The van der Waals surface area contributed by atoms with Gasteiger partial charge >= 0.3 is 0 Å². The number of nitrogens with zero attached hydrogens (tertiary/aromatic N) is 9. The van der Waals surface area contributed by atoms with E-state index in [1.807, 2.05) is 0 Å². The Morgan fingerprint density at radius 2 is 0.634 bits per heavy atom. The zero-order valence-corrected chi connectivity index (χ0v) is 58.2. The first-order valence-electron chi connectivity index (χ1n) is 25.0. The van der Waals surface area contributed by atoms with Crippen molar-refractivity contribution in [2.45, 2.75) is 0 Å². The number of halogens is 3. The van der Waals surface area contributed by atoms with Crippen molar-refractivity contribution >= 4 is 157 Å². The molecule has 0 atom stereocenters. The Bertz CT molecular complexity index is 3530. The summed E-state index contributed by atoms with van der Waals surface area (Å²) >= 11 is 9.67. The van der Waals surface area contributed by atoms with Gasteiger partial charge in [0.1, 0.15) is 17.1 Å². The number of amides is 3. The summed E-state index contributed by atoms with van der Waals surface area (Å²) in [7, 11) is -15.3. The summed E-state index contributed by atoms with van der Waals surface area (Å²) < 4.78 is 107. The number of nitro benzene ring substituents is 6. The fourth-order valence-electron chi connectivity index (χ4n) is 7.07. The van der Waals surface area contributed by atoms with Crippen molar-refractivity contribution < 1.29 is 132 Å². The summed E-state index contributed by atoms with van der Waals surface area (Å²) in [5.41, 5.74) is -5.87. The van der Waals surface area contributed by atoms with Gasteiger partial charge in [0.2, 0.25) is 0 Å². The monoisotopic (exact) mass is 1700 g/mol.